The van der Waals surface area contributed by atoms with Gasteiger partial charge in [0.05, 0.1) is 0 Å². The first-order chi connectivity index (χ1) is 14.3. The minimum Gasteiger partial charge on any atom is -0.487 e. The first-order valence-corrected chi connectivity index (χ1v) is 11.8. The van der Waals surface area contributed by atoms with Gasteiger partial charge in [-0.3, -0.25) is 0 Å². The van der Waals surface area contributed by atoms with Gasteiger partial charge in [0.2, 0.25) is 0 Å². The van der Waals surface area contributed by atoms with Gasteiger partial charge in [-0.1, -0.05) is 44.7 Å². The third kappa shape index (κ3) is 6.08. The van der Waals surface area contributed by atoms with Gasteiger partial charge in [0.25, 0.3) is 0 Å². The first-order valence-electron chi connectivity index (χ1n) is 11.8. The van der Waals surface area contributed by atoms with Gasteiger partial charge in [-0.25, -0.2) is 8.78 Å². The fraction of sp³-hybridized carbons (Fsp3) is 0.760. The summed E-state index contributed by atoms with van der Waals surface area (Å²) in [4.78, 5) is 0. The standard InChI is InChI=1S/C25H38F2O2/c1-2-4-19-7-9-20(10-8-19)21-11-13-22(14-12-21)23-5-3-6-24(28-17-15-26)25(23)29-18-16-27/h3,5-6,19-22H,2,4,7-18H2,1H3. The van der Waals surface area contributed by atoms with E-state index in [4.69, 9.17) is 9.47 Å². The highest BCUT2D eigenvalue weighted by atomic mass is 19.1. The van der Waals surface area contributed by atoms with Crippen LogP contribution in [-0.4, -0.2) is 26.6 Å². The molecule has 29 heavy (non-hydrogen) atoms. The highest BCUT2D eigenvalue weighted by molar-refractivity contribution is 5.48. The van der Waals surface area contributed by atoms with Crippen molar-refractivity contribution in [3.05, 3.63) is 23.8 Å². The van der Waals surface area contributed by atoms with E-state index >= 15 is 0 Å². The predicted molar refractivity (Wildman–Crippen MR) is 114 cm³/mol. The maximum atomic E-state index is 12.7. The number of ether oxygens (including phenoxy) is 2. The van der Waals surface area contributed by atoms with Gasteiger partial charge in [-0.05, 0) is 68.3 Å². The van der Waals surface area contributed by atoms with E-state index in [-0.39, 0.29) is 13.2 Å². The molecule has 0 bridgehead atoms. The number of halogens is 2. The van der Waals surface area contributed by atoms with E-state index in [2.05, 4.69) is 13.0 Å². The molecule has 0 N–H and O–H groups in total. The maximum Gasteiger partial charge on any atom is 0.164 e. The zero-order valence-corrected chi connectivity index (χ0v) is 18.0. The molecule has 0 saturated heterocycles. The molecule has 0 atom stereocenters. The molecular weight excluding hydrogens is 370 g/mol. The molecule has 0 amide bonds. The average Bonchev–Trinajstić information content (AvgIpc) is 2.77. The van der Waals surface area contributed by atoms with Crippen molar-refractivity contribution in [1.29, 1.82) is 0 Å². The normalized spacial score (nSPS) is 27.6. The highest BCUT2D eigenvalue weighted by Crippen LogP contribution is 2.47. The van der Waals surface area contributed by atoms with E-state index in [9.17, 15) is 8.78 Å². The molecule has 2 saturated carbocycles. The Bertz CT molecular complexity index is 590. The molecule has 2 nitrogen and oxygen atoms in total. The molecule has 0 aromatic heterocycles. The van der Waals surface area contributed by atoms with Crippen molar-refractivity contribution in [2.24, 2.45) is 17.8 Å². The molecule has 2 aliphatic rings. The number of benzene rings is 1. The number of alkyl halides is 2. The summed E-state index contributed by atoms with van der Waals surface area (Å²) in [6.45, 7) is 1.24. The fourth-order valence-corrected chi connectivity index (χ4v) is 5.67. The van der Waals surface area contributed by atoms with Gasteiger partial charge in [-0.2, -0.15) is 0 Å². The number of hydrogen-bond donors (Lipinski definition) is 0. The van der Waals surface area contributed by atoms with Crippen LogP contribution in [0, 0.1) is 17.8 Å². The van der Waals surface area contributed by atoms with Crippen molar-refractivity contribution in [3.8, 4) is 11.5 Å². The molecule has 1 aromatic rings. The van der Waals surface area contributed by atoms with E-state index in [1.807, 2.05) is 6.07 Å². The lowest BCUT2D eigenvalue weighted by Gasteiger charge is -2.38. The molecule has 0 radical (unpaired) electrons. The van der Waals surface area contributed by atoms with Gasteiger partial charge < -0.3 is 9.47 Å². The monoisotopic (exact) mass is 408 g/mol. The summed E-state index contributed by atoms with van der Waals surface area (Å²) in [6.07, 6.45) is 13.2. The summed E-state index contributed by atoms with van der Waals surface area (Å²) in [7, 11) is 0. The molecule has 2 aliphatic carbocycles. The van der Waals surface area contributed by atoms with Crippen LogP contribution in [0.5, 0.6) is 11.5 Å². The summed E-state index contributed by atoms with van der Waals surface area (Å²) in [5.41, 5.74) is 1.11. The van der Waals surface area contributed by atoms with Gasteiger partial charge in [0, 0.05) is 5.56 Å². The lowest BCUT2D eigenvalue weighted by atomic mass is 9.68. The van der Waals surface area contributed by atoms with Crippen molar-refractivity contribution >= 4 is 0 Å². The van der Waals surface area contributed by atoms with E-state index in [1.165, 1.54) is 51.4 Å². The Kier molecular flexibility index (Phi) is 9.07. The van der Waals surface area contributed by atoms with Crippen LogP contribution in [-0.2, 0) is 0 Å². The van der Waals surface area contributed by atoms with Crippen LogP contribution in [0.15, 0.2) is 18.2 Å². The van der Waals surface area contributed by atoms with E-state index in [0.29, 0.717) is 17.4 Å². The van der Waals surface area contributed by atoms with Gasteiger partial charge in [-0.15, -0.1) is 0 Å². The summed E-state index contributed by atoms with van der Waals surface area (Å²) >= 11 is 0. The summed E-state index contributed by atoms with van der Waals surface area (Å²) in [5, 5.41) is 0. The Morgan fingerprint density at radius 3 is 2.07 bits per heavy atom. The Morgan fingerprint density at radius 1 is 0.828 bits per heavy atom. The SMILES string of the molecule is CCCC1CCC(C2CCC(c3cccc(OCCF)c3OCCF)CC2)CC1. The molecule has 0 heterocycles. The number of rotatable bonds is 10. The maximum absolute atomic E-state index is 12.7. The van der Waals surface area contributed by atoms with Crippen molar-refractivity contribution < 1.29 is 18.3 Å². The minimum absolute atomic E-state index is 0.00286. The van der Waals surface area contributed by atoms with Crippen molar-refractivity contribution in [1.82, 2.24) is 0 Å². The zero-order valence-electron chi connectivity index (χ0n) is 18.0. The zero-order chi connectivity index (χ0) is 20.5. The minimum atomic E-state index is -0.543. The molecule has 164 valence electrons. The van der Waals surface area contributed by atoms with Crippen LogP contribution in [0.1, 0.15) is 82.6 Å². The van der Waals surface area contributed by atoms with Crippen LogP contribution >= 0.6 is 0 Å². The van der Waals surface area contributed by atoms with Gasteiger partial charge >= 0.3 is 0 Å². The number of para-hydroxylation sites is 1. The second-order valence-corrected chi connectivity index (χ2v) is 8.93. The molecule has 0 spiro atoms. The Morgan fingerprint density at radius 2 is 1.45 bits per heavy atom. The van der Waals surface area contributed by atoms with Crippen LogP contribution in [0.2, 0.25) is 0 Å². The second kappa shape index (κ2) is 11.8. The van der Waals surface area contributed by atoms with Crippen LogP contribution in [0.25, 0.3) is 0 Å². The van der Waals surface area contributed by atoms with Crippen molar-refractivity contribution in [2.45, 2.75) is 77.0 Å². The topological polar surface area (TPSA) is 18.5 Å². The third-order valence-corrected chi connectivity index (χ3v) is 7.13. The first kappa shape index (κ1) is 22.4. The third-order valence-electron chi connectivity index (χ3n) is 7.13. The molecular formula is C25H38F2O2. The molecule has 2 fully saturated rings. The lowest BCUT2D eigenvalue weighted by molar-refractivity contribution is 0.155. The predicted octanol–water partition coefficient (Wildman–Crippen LogP) is 7.26. The van der Waals surface area contributed by atoms with Crippen molar-refractivity contribution in [2.75, 3.05) is 26.6 Å². The van der Waals surface area contributed by atoms with Gasteiger partial charge in [0.15, 0.2) is 11.5 Å². The molecule has 3 rings (SSSR count). The average molecular weight is 409 g/mol. The van der Waals surface area contributed by atoms with Crippen LogP contribution in [0.4, 0.5) is 8.78 Å². The fourth-order valence-electron chi connectivity index (χ4n) is 5.67. The second-order valence-electron chi connectivity index (χ2n) is 8.93. The molecule has 1 aromatic carbocycles. The lowest BCUT2D eigenvalue weighted by Crippen LogP contribution is -2.25. The summed E-state index contributed by atoms with van der Waals surface area (Å²) < 4.78 is 36.6. The smallest absolute Gasteiger partial charge is 0.164 e. The van der Waals surface area contributed by atoms with E-state index < -0.39 is 13.3 Å². The molecule has 0 unspecified atom stereocenters. The Hall–Kier alpha value is -1.32. The summed E-state index contributed by atoms with van der Waals surface area (Å²) in [5.74, 6) is 4.33. The number of hydrogen-bond acceptors (Lipinski definition) is 2. The highest BCUT2D eigenvalue weighted by Gasteiger charge is 2.32. The molecule has 4 heteroatoms. The quantitative estimate of drug-likeness (QED) is 0.405. The summed E-state index contributed by atoms with van der Waals surface area (Å²) in [6, 6.07) is 5.83. The molecule has 0 aliphatic heterocycles. The Balaban J connectivity index is 1.60. The van der Waals surface area contributed by atoms with Gasteiger partial charge in [0.1, 0.15) is 26.6 Å². The van der Waals surface area contributed by atoms with E-state index in [1.54, 1.807) is 6.07 Å². The van der Waals surface area contributed by atoms with Crippen LogP contribution < -0.4 is 9.47 Å². The van der Waals surface area contributed by atoms with Crippen LogP contribution in [0.3, 0.4) is 0 Å². The largest absolute Gasteiger partial charge is 0.487 e. The van der Waals surface area contributed by atoms with Crippen molar-refractivity contribution in [3.63, 3.8) is 0 Å². The Labute approximate surface area is 175 Å². The van der Waals surface area contributed by atoms with E-state index in [0.717, 1.165) is 36.2 Å².